The number of nitrogens with zero attached hydrogens (tertiary/aromatic N) is 3. The number of hydrogen-bond acceptors (Lipinski definition) is 3. The molecule has 100 valence electrons. The minimum Gasteiger partial charge on any atom is -0.341 e. The van der Waals surface area contributed by atoms with Gasteiger partial charge in [0, 0.05) is 31.4 Å². The SMILES string of the molecule is Cc1cn(C2CCCC2)c(N2CCC[C@@H](N)C2)n1. The highest BCUT2D eigenvalue weighted by Crippen LogP contribution is 2.33. The van der Waals surface area contributed by atoms with Gasteiger partial charge in [0.1, 0.15) is 0 Å². The fourth-order valence-electron chi connectivity index (χ4n) is 3.38. The van der Waals surface area contributed by atoms with Gasteiger partial charge in [-0.25, -0.2) is 4.98 Å². The molecule has 2 heterocycles. The van der Waals surface area contributed by atoms with Crippen molar-refractivity contribution in [2.75, 3.05) is 18.0 Å². The molecule has 1 aromatic rings. The molecule has 3 rings (SSSR count). The lowest BCUT2D eigenvalue weighted by Gasteiger charge is -2.32. The molecular formula is C14H24N4. The highest BCUT2D eigenvalue weighted by atomic mass is 15.3. The van der Waals surface area contributed by atoms with Gasteiger partial charge in [-0.3, -0.25) is 0 Å². The quantitative estimate of drug-likeness (QED) is 0.873. The standard InChI is InChI=1S/C14H24N4/c1-11-9-18(13-6-2-3-7-13)14(16-11)17-8-4-5-12(15)10-17/h9,12-13H,2-8,10,15H2,1H3/t12-/m1/s1. The Labute approximate surface area is 109 Å². The van der Waals surface area contributed by atoms with Crippen LogP contribution in [-0.2, 0) is 0 Å². The zero-order valence-corrected chi connectivity index (χ0v) is 11.3. The van der Waals surface area contributed by atoms with Crippen LogP contribution in [0.25, 0.3) is 0 Å². The Kier molecular flexibility index (Phi) is 3.29. The molecule has 0 bridgehead atoms. The van der Waals surface area contributed by atoms with Crippen molar-refractivity contribution in [2.45, 2.75) is 57.5 Å². The average Bonchev–Trinajstić information content (AvgIpc) is 2.97. The number of imidazole rings is 1. The average molecular weight is 248 g/mol. The lowest BCUT2D eigenvalue weighted by molar-refractivity contribution is 0.469. The molecule has 2 fully saturated rings. The topological polar surface area (TPSA) is 47.1 Å². The summed E-state index contributed by atoms with van der Waals surface area (Å²) in [5.41, 5.74) is 7.23. The Morgan fingerprint density at radius 3 is 2.72 bits per heavy atom. The Balaban J connectivity index is 1.85. The van der Waals surface area contributed by atoms with Gasteiger partial charge in [-0.2, -0.15) is 0 Å². The number of nitrogens with two attached hydrogens (primary N) is 1. The third-order valence-electron chi connectivity index (χ3n) is 4.29. The van der Waals surface area contributed by atoms with E-state index in [0.29, 0.717) is 12.1 Å². The maximum Gasteiger partial charge on any atom is 0.206 e. The zero-order valence-electron chi connectivity index (χ0n) is 11.3. The van der Waals surface area contributed by atoms with Crippen LogP contribution in [0.4, 0.5) is 5.95 Å². The summed E-state index contributed by atoms with van der Waals surface area (Å²) in [6.45, 7) is 4.17. The Morgan fingerprint density at radius 1 is 1.22 bits per heavy atom. The monoisotopic (exact) mass is 248 g/mol. The number of hydrogen-bond donors (Lipinski definition) is 1. The lowest BCUT2D eigenvalue weighted by Crippen LogP contribution is -2.44. The summed E-state index contributed by atoms with van der Waals surface area (Å²) in [4.78, 5) is 7.14. The van der Waals surface area contributed by atoms with Crippen molar-refractivity contribution >= 4 is 5.95 Å². The molecule has 2 N–H and O–H groups in total. The number of anilines is 1. The molecule has 2 aliphatic rings. The molecule has 4 nitrogen and oxygen atoms in total. The second-order valence-corrected chi connectivity index (χ2v) is 5.88. The molecule has 18 heavy (non-hydrogen) atoms. The van der Waals surface area contributed by atoms with Gasteiger partial charge in [0.15, 0.2) is 0 Å². The van der Waals surface area contributed by atoms with Crippen molar-refractivity contribution in [3.63, 3.8) is 0 Å². The summed E-state index contributed by atoms with van der Waals surface area (Å²) in [6.07, 6.45) is 9.91. The van der Waals surface area contributed by atoms with Crippen LogP contribution in [-0.4, -0.2) is 28.7 Å². The molecule has 0 unspecified atom stereocenters. The molecular weight excluding hydrogens is 224 g/mol. The highest BCUT2D eigenvalue weighted by molar-refractivity contribution is 5.35. The first kappa shape index (κ1) is 12.0. The van der Waals surface area contributed by atoms with Crippen molar-refractivity contribution < 1.29 is 0 Å². The van der Waals surface area contributed by atoms with E-state index in [1.807, 2.05) is 0 Å². The van der Waals surface area contributed by atoms with Crippen LogP contribution in [0.1, 0.15) is 50.3 Å². The molecule has 0 aromatic carbocycles. The van der Waals surface area contributed by atoms with Crippen LogP contribution in [0.3, 0.4) is 0 Å². The Hall–Kier alpha value is -1.03. The lowest BCUT2D eigenvalue weighted by atomic mass is 10.1. The molecule has 1 saturated heterocycles. The van der Waals surface area contributed by atoms with Gasteiger partial charge in [0.25, 0.3) is 0 Å². The van der Waals surface area contributed by atoms with E-state index in [1.54, 1.807) is 0 Å². The Morgan fingerprint density at radius 2 is 2.00 bits per heavy atom. The summed E-state index contributed by atoms with van der Waals surface area (Å²) in [5, 5.41) is 0. The van der Waals surface area contributed by atoms with E-state index in [-0.39, 0.29) is 0 Å². The predicted octanol–water partition coefficient (Wildman–Crippen LogP) is 2.23. The Bertz CT molecular complexity index is 406. The fourth-order valence-corrected chi connectivity index (χ4v) is 3.38. The van der Waals surface area contributed by atoms with Crippen LogP contribution in [0.5, 0.6) is 0 Å². The maximum absolute atomic E-state index is 6.09. The van der Waals surface area contributed by atoms with E-state index >= 15 is 0 Å². The van der Waals surface area contributed by atoms with Gasteiger partial charge in [0.2, 0.25) is 5.95 Å². The van der Waals surface area contributed by atoms with Gasteiger partial charge < -0.3 is 15.2 Å². The summed E-state index contributed by atoms with van der Waals surface area (Å²) < 4.78 is 2.42. The van der Waals surface area contributed by atoms with E-state index in [2.05, 4.69) is 22.6 Å². The van der Waals surface area contributed by atoms with E-state index in [9.17, 15) is 0 Å². The molecule has 0 spiro atoms. The van der Waals surface area contributed by atoms with Crippen LogP contribution >= 0.6 is 0 Å². The molecule has 1 saturated carbocycles. The van der Waals surface area contributed by atoms with Gasteiger partial charge in [-0.05, 0) is 32.6 Å². The van der Waals surface area contributed by atoms with Crippen LogP contribution in [0, 0.1) is 6.92 Å². The third-order valence-corrected chi connectivity index (χ3v) is 4.29. The van der Waals surface area contributed by atoms with E-state index in [4.69, 9.17) is 10.7 Å². The molecule has 0 radical (unpaired) electrons. The first-order valence-electron chi connectivity index (χ1n) is 7.30. The summed E-state index contributed by atoms with van der Waals surface area (Å²) in [5.74, 6) is 1.16. The highest BCUT2D eigenvalue weighted by Gasteiger charge is 2.25. The maximum atomic E-state index is 6.09. The van der Waals surface area contributed by atoms with Crippen molar-refractivity contribution in [3.05, 3.63) is 11.9 Å². The number of aryl methyl sites for hydroxylation is 1. The smallest absolute Gasteiger partial charge is 0.206 e. The predicted molar refractivity (Wildman–Crippen MR) is 73.9 cm³/mol. The first-order valence-corrected chi connectivity index (χ1v) is 7.30. The summed E-state index contributed by atoms with van der Waals surface area (Å²) >= 11 is 0. The number of rotatable bonds is 2. The van der Waals surface area contributed by atoms with Crippen LogP contribution < -0.4 is 10.6 Å². The van der Waals surface area contributed by atoms with Crippen LogP contribution in [0.2, 0.25) is 0 Å². The van der Waals surface area contributed by atoms with Gasteiger partial charge in [0.05, 0.1) is 5.69 Å². The number of piperidine rings is 1. The molecule has 1 aliphatic heterocycles. The minimum atomic E-state index is 0.313. The van der Waals surface area contributed by atoms with E-state index < -0.39 is 0 Å². The first-order chi connectivity index (χ1) is 8.74. The second kappa shape index (κ2) is 4.92. The summed E-state index contributed by atoms with van der Waals surface area (Å²) in [6, 6.07) is 0.979. The molecule has 1 aromatic heterocycles. The van der Waals surface area contributed by atoms with Crippen molar-refractivity contribution in [1.29, 1.82) is 0 Å². The second-order valence-electron chi connectivity index (χ2n) is 5.88. The third kappa shape index (κ3) is 2.26. The van der Waals surface area contributed by atoms with Crippen molar-refractivity contribution in [1.82, 2.24) is 9.55 Å². The minimum absolute atomic E-state index is 0.313. The fraction of sp³-hybridized carbons (Fsp3) is 0.786. The van der Waals surface area contributed by atoms with Gasteiger partial charge in [-0.15, -0.1) is 0 Å². The van der Waals surface area contributed by atoms with E-state index in [0.717, 1.165) is 31.2 Å². The van der Waals surface area contributed by atoms with Gasteiger partial charge in [-0.1, -0.05) is 12.8 Å². The van der Waals surface area contributed by atoms with Crippen molar-refractivity contribution in [3.8, 4) is 0 Å². The molecule has 0 amide bonds. The normalized spacial score (nSPS) is 25.9. The van der Waals surface area contributed by atoms with Crippen LogP contribution in [0.15, 0.2) is 6.20 Å². The molecule has 4 heteroatoms. The van der Waals surface area contributed by atoms with E-state index in [1.165, 1.54) is 32.1 Å². The number of aromatic nitrogens is 2. The zero-order chi connectivity index (χ0) is 12.5. The van der Waals surface area contributed by atoms with Gasteiger partial charge >= 0.3 is 0 Å². The largest absolute Gasteiger partial charge is 0.341 e. The molecule has 1 atom stereocenters. The molecule has 1 aliphatic carbocycles. The summed E-state index contributed by atoms with van der Waals surface area (Å²) in [7, 11) is 0. The van der Waals surface area contributed by atoms with Crippen molar-refractivity contribution in [2.24, 2.45) is 5.73 Å².